The van der Waals surface area contributed by atoms with Crippen molar-refractivity contribution in [2.24, 2.45) is 0 Å². The molecule has 0 bridgehead atoms. The number of carbonyl (C=O) groups is 1. The molecule has 1 amide bonds. The number of ether oxygens (including phenoxy) is 1. The van der Waals surface area contributed by atoms with Gasteiger partial charge in [-0.25, -0.2) is 8.42 Å². The second-order valence-corrected chi connectivity index (χ2v) is 6.56. The maximum atomic E-state index is 11.8. The van der Waals surface area contributed by atoms with Gasteiger partial charge in [0.25, 0.3) is 5.91 Å². The summed E-state index contributed by atoms with van der Waals surface area (Å²) in [4.78, 5) is 13.2. The van der Waals surface area contributed by atoms with Crippen LogP contribution in [0.4, 0.5) is 5.69 Å². The lowest BCUT2D eigenvalue weighted by atomic mass is 10.2. The summed E-state index contributed by atoms with van der Waals surface area (Å²) in [6.07, 6.45) is 0. The maximum absolute atomic E-state index is 11.8. The third kappa shape index (κ3) is 4.66. The first-order valence-electron chi connectivity index (χ1n) is 5.77. The van der Waals surface area contributed by atoms with E-state index in [0.29, 0.717) is 11.3 Å². The third-order valence-corrected chi connectivity index (χ3v) is 4.00. The van der Waals surface area contributed by atoms with Gasteiger partial charge in [-0.15, -0.1) is 0 Å². The molecule has 1 aromatic rings. The SMILES string of the molecule is COCCS(=O)(=O)Nc1ccc(C(=O)N(C)C)c(Cl)c1. The van der Waals surface area contributed by atoms with Gasteiger partial charge in [-0.2, -0.15) is 0 Å². The van der Waals surface area contributed by atoms with Crippen molar-refractivity contribution in [1.82, 2.24) is 4.90 Å². The van der Waals surface area contributed by atoms with E-state index in [-0.39, 0.29) is 23.3 Å². The van der Waals surface area contributed by atoms with Gasteiger partial charge in [0.05, 0.1) is 22.9 Å². The molecule has 0 heterocycles. The molecule has 0 fully saturated rings. The predicted octanol–water partition coefficient (Wildman–Crippen LogP) is 1.43. The Kier molecular flexibility index (Phi) is 5.79. The van der Waals surface area contributed by atoms with Crippen LogP contribution in [0.25, 0.3) is 0 Å². The lowest BCUT2D eigenvalue weighted by molar-refractivity contribution is 0.0828. The van der Waals surface area contributed by atoms with E-state index >= 15 is 0 Å². The van der Waals surface area contributed by atoms with Gasteiger partial charge in [0.1, 0.15) is 0 Å². The predicted molar refractivity (Wildman–Crippen MR) is 78.8 cm³/mol. The Bertz CT molecular complexity index is 587. The molecule has 1 N–H and O–H groups in total. The summed E-state index contributed by atoms with van der Waals surface area (Å²) in [6.45, 7) is 0.0975. The first-order valence-corrected chi connectivity index (χ1v) is 7.80. The topological polar surface area (TPSA) is 75.7 Å². The Balaban J connectivity index is 2.91. The highest BCUT2D eigenvalue weighted by atomic mass is 35.5. The molecule has 0 saturated carbocycles. The molecular formula is C12H17ClN2O4S. The van der Waals surface area contributed by atoms with Crippen LogP contribution in [0.15, 0.2) is 18.2 Å². The zero-order valence-corrected chi connectivity index (χ0v) is 13.1. The van der Waals surface area contributed by atoms with Gasteiger partial charge in [-0.05, 0) is 18.2 Å². The minimum atomic E-state index is -3.49. The first kappa shape index (κ1) is 16.7. The van der Waals surface area contributed by atoms with Gasteiger partial charge in [0.2, 0.25) is 10.0 Å². The van der Waals surface area contributed by atoms with E-state index in [2.05, 4.69) is 4.72 Å². The normalized spacial score (nSPS) is 11.2. The van der Waals surface area contributed by atoms with Crippen LogP contribution in [-0.4, -0.2) is 52.8 Å². The van der Waals surface area contributed by atoms with E-state index < -0.39 is 10.0 Å². The Morgan fingerprint density at radius 1 is 1.40 bits per heavy atom. The van der Waals surface area contributed by atoms with Crippen LogP contribution in [0.1, 0.15) is 10.4 Å². The van der Waals surface area contributed by atoms with Crippen LogP contribution >= 0.6 is 11.6 Å². The van der Waals surface area contributed by atoms with Crippen LogP contribution in [0.2, 0.25) is 5.02 Å². The van der Waals surface area contributed by atoms with Crippen LogP contribution in [0, 0.1) is 0 Å². The van der Waals surface area contributed by atoms with Crippen LogP contribution in [0.3, 0.4) is 0 Å². The summed E-state index contributed by atoms with van der Waals surface area (Å²) >= 11 is 5.99. The molecule has 1 rings (SSSR count). The van der Waals surface area contributed by atoms with Gasteiger partial charge in [0, 0.05) is 26.9 Å². The third-order valence-electron chi connectivity index (χ3n) is 2.44. The largest absolute Gasteiger partial charge is 0.384 e. The Hall–Kier alpha value is -1.31. The zero-order chi connectivity index (χ0) is 15.3. The summed E-state index contributed by atoms with van der Waals surface area (Å²) in [5, 5.41) is 0.190. The summed E-state index contributed by atoms with van der Waals surface area (Å²) in [5.41, 5.74) is 0.623. The fourth-order valence-corrected chi connectivity index (χ4v) is 2.65. The number of carbonyl (C=O) groups excluding carboxylic acids is 1. The molecule has 0 atom stereocenters. The van der Waals surface area contributed by atoms with Gasteiger partial charge in [-0.1, -0.05) is 11.6 Å². The molecule has 0 aliphatic rings. The number of halogens is 1. The van der Waals surface area contributed by atoms with Gasteiger partial charge >= 0.3 is 0 Å². The number of nitrogens with zero attached hydrogens (tertiary/aromatic N) is 1. The summed E-state index contributed by atoms with van der Waals surface area (Å²) < 4.78 is 30.5. The van der Waals surface area contributed by atoms with Gasteiger partial charge in [0.15, 0.2) is 0 Å². The fourth-order valence-electron chi connectivity index (χ4n) is 1.42. The molecule has 112 valence electrons. The number of nitrogens with one attached hydrogen (secondary N) is 1. The maximum Gasteiger partial charge on any atom is 0.254 e. The molecule has 0 saturated heterocycles. The molecule has 0 spiro atoms. The molecule has 0 unspecified atom stereocenters. The first-order chi connectivity index (χ1) is 9.26. The second kappa shape index (κ2) is 6.92. The lowest BCUT2D eigenvalue weighted by Crippen LogP contribution is -2.22. The standard InChI is InChI=1S/C12H17ClN2O4S/c1-15(2)12(16)10-5-4-9(8-11(10)13)14-20(17,18)7-6-19-3/h4-5,8,14H,6-7H2,1-3H3. The van der Waals surface area contributed by atoms with Crippen molar-refractivity contribution in [3.05, 3.63) is 28.8 Å². The Morgan fingerprint density at radius 2 is 2.05 bits per heavy atom. The monoisotopic (exact) mass is 320 g/mol. The molecular weight excluding hydrogens is 304 g/mol. The minimum Gasteiger partial charge on any atom is -0.384 e. The second-order valence-electron chi connectivity index (χ2n) is 4.31. The number of benzene rings is 1. The zero-order valence-electron chi connectivity index (χ0n) is 11.5. The molecule has 0 radical (unpaired) electrons. The minimum absolute atomic E-state index is 0.0975. The summed E-state index contributed by atoms with van der Waals surface area (Å²) in [5.74, 6) is -0.400. The number of methoxy groups -OCH3 is 1. The van der Waals surface area contributed by atoms with E-state index in [1.807, 2.05) is 0 Å². The molecule has 0 aliphatic carbocycles. The molecule has 0 aromatic heterocycles. The quantitative estimate of drug-likeness (QED) is 0.860. The van der Waals surface area contributed by atoms with E-state index in [1.54, 1.807) is 14.1 Å². The van der Waals surface area contributed by atoms with Crippen LogP contribution in [-0.2, 0) is 14.8 Å². The van der Waals surface area contributed by atoms with Crippen molar-refractivity contribution in [3.63, 3.8) is 0 Å². The summed E-state index contributed by atoms with van der Waals surface area (Å²) in [6, 6.07) is 4.38. The van der Waals surface area contributed by atoms with E-state index in [0.717, 1.165) is 0 Å². The molecule has 1 aromatic carbocycles. The number of hydrogen-bond donors (Lipinski definition) is 1. The Labute approximate surface area is 123 Å². The van der Waals surface area contributed by atoms with Crippen molar-refractivity contribution >= 4 is 33.2 Å². The van der Waals surface area contributed by atoms with Crippen LogP contribution < -0.4 is 4.72 Å². The average Bonchev–Trinajstić information content (AvgIpc) is 2.35. The highest BCUT2D eigenvalue weighted by Gasteiger charge is 2.15. The van der Waals surface area contributed by atoms with E-state index in [4.69, 9.17) is 16.3 Å². The van der Waals surface area contributed by atoms with Crippen molar-refractivity contribution in [2.45, 2.75) is 0 Å². The molecule has 20 heavy (non-hydrogen) atoms. The van der Waals surface area contributed by atoms with Crippen LogP contribution in [0.5, 0.6) is 0 Å². The molecule has 8 heteroatoms. The van der Waals surface area contributed by atoms with Gasteiger partial charge < -0.3 is 9.64 Å². The molecule has 6 nitrogen and oxygen atoms in total. The smallest absolute Gasteiger partial charge is 0.254 e. The Morgan fingerprint density at radius 3 is 2.55 bits per heavy atom. The highest BCUT2D eigenvalue weighted by Crippen LogP contribution is 2.22. The van der Waals surface area contributed by atoms with Crippen molar-refractivity contribution in [1.29, 1.82) is 0 Å². The molecule has 0 aliphatic heterocycles. The fraction of sp³-hybridized carbons (Fsp3) is 0.417. The number of rotatable bonds is 6. The highest BCUT2D eigenvalue weighted by molar-refractivity contribution is 7.92. The van der Waals surface area contributed by atoms with Gasteiger partial charge in [-0.3, -0.25) is 9.52 Å². The van der Waals surface area contributed by atoms with Crippen molar-refractivity contribution in [2.75, 3.05) is 38.3 Å². The van der Waals surface area contributed by atoms with Crippen molar-refractivity contribution < 1.29 is 17.9 Å². The number of hydrogen-bond acceptors (Lipinski definition) is 4. The average molecular weight is 321 g/mol. The lowest BCUT2D eigenvalue weighted by Gasteiger charge is -2.13. The van der Waals surface area contributed by atoms with E-state index in [9.17, 15) is 13.2 Å². The number of anilines is 1. The van der Waals surface area contributed by atoms with E-state index in [1.165, 1.54) is 30.2 Å². The number of amides is 1. The van der Waals surface area contributed by atoms with Crippen molar-refractivity contribution in [3.8, 4) is 0 Å². The number of sulfonamides is 1. The summed E-state index contributed by atoms with van der Waals surface area (Å²) in [7, 11) is 1.15.